The molecular formula is C5H4N4O. The molecule has 2 aromatic rings. The lowest BCUT2D eigenvalue weighted by molar-refractivity contribution is 1.08. The van der Waals surface area contributed by atoms with Gasteiger partial charge < -0.3 is 4.98 Å². The topological polar surface area (TPSA) is 74.4 Å². The SMILES string of the molecule is [2H]c1[15n][15nH]c2[nH][13c]([2H])nc(=O)c12. The van der Waals surface area contributed by atoms with Crippen molar-refractivity contribution < 1.29 is 2.74 Å². The van der Waals surface area contributed by atoms with Crippen molar-refractivity contribution in [2.75, 3.05) is 0 Å². The molecule has 0 aliphatic rings. The van der Waals surface area contributed by atoms with E-state index in [4.69, 9.17) is 2.74 Å². The van der Waals surface area contributed by atoms with E-state index in [9.17, 15) is 4.79 Å². The first-order valence-corrected chi connectivity index (χ1v) is 2.60. The molecule has 0 unspecified atom stereocenters. The number of hydrogen-bond donors (Lipinski definition) is 2. The Bertz CT molecular complexity index is 488. The zero-order valence-corrected chi connectivity index (χ0v) is 4.80. The van der Waals surface area contributed by atoms with E-state index in [2.05, 4.69) is 20.2 Å². The van der Waals surface area contributed by atoms with Gasteiger partial charge in [-0.3, -0.25) is 9.89 Å². The summed E-state index contributed by atoms with van der Waals surface area (Å²) in [6.45, 7) is 0. The molecule has 2 rings (SSSR count). The largest absolute Gasteiger partial charge is 0.331 e. The van der Waals surface area contributed by atoms with Crippen LogP contribution in [-0.2, 0) is 0 Å². The minimum absolute atomic E-state index is 0.0889. The molecule has 5 heteroatoms. The van der Waals surface area contributed by atoms with Gasteiger partial charge in [-0.25, -0.2) is 0 Å². The predicted octanol–water partition coefficient (Wildman–Crippen LogP) is -0.354. The normalized spacial score (nSPS) is 13.2. The highest BCUT2D eigenvalue weighted by Gasteiger charge is 1.97. The third-order valence-corrected chi connectivity index (χ3v) is 1.14. The molecule has 2 aromatic heterocycles. The first-order valence-electron chi connectivity index (χ1n) is 3.60. The fourth-order valence-electron chi connectivity index (χ4n) is 0.687. The minimum atomic E-state index is -0.604. The Labute approximate surface area is 57.9 Å². The maximum absolute atomic E-state index is 11.1. The Kier molecular flexibility index (Phi) is 0.582. The molecule has 0 atom stereocenters. The average Bonchev–Trinajstić information content (AvgIpc) is 2.31. The lowest BCUT2D eigenvalue weighted by Gasteiger charge is -1.82. The van der Waals surface area contributed by atoms with Gasteiger partial charge >= 0.3 is 0 Å². The zero-order valence-electron chi connectivity index (χ0n) is 6.80. The molecule has 50 valence electrons. The monoisotopic (exact) mass is 141 g/mol. The van der Waals surface area contributed by atoms with Crippen molar-refractivity contribution in [3.8, 4) is 0 Å². The number of nitrogens with zero attached hydrogens (tertiary/aromatic N) is 2. The smallest absolute Gasteiger partial charge is 0.283 e. The standard InChI is InChI=1S/C5H4N4O/c10-5-3-1-8-9-4(3)6-2-7-5/h1-2H,(H2,6,7,8,9,10)/i1D,2+1D,8+1,9+1. The van der Waals surface area contributed by atoms with Crippen LogP contribution in [-0.4, -0.2) is 20.2 Å². The summed E-state index contributed by atoms with van der Waals surface area (Å²) >= 11 is 0. The van der Waals surface area contributed by atoms with Gasteiger partial charge in [-0.05, 0) is 0 Å². The van der Waals surface area contributed by atoms with Crippen molar-refractivity contribution in [1.29, 1.82) is 0 Å². The second kappa shape index (κ2) is 1.66. The van der Waals surface area contributed by atoms with E-state index in [0.717, 1.165) is 0 Å². The summed E-state index contributed by atoms with van der Waals surface area (Å²) in [6, 6.07) is 0. The summed E-state index contributed by atoms with van der Waals surface area (Å²) in [5.74, 6) is 0. The number of nitrogens with one attached hydrogen (secondary N) is 2. The number of aromatic amines is 2. The van der Waals surface area contributed by atoms with E-state index in [1.54, 1.807) is 0 Å². The summed E-state index contributed by atoms with van der Waals surface area (Å²) in [7, 11) is 0. The van der Waals surface area contributed by atoms with Crippen LogP contribution in [0.2, 0.25) is 0 Å². The molecular weight excluding hydrogens is 135 g/mol. The first-order chi connectivity index (χ1) is 5.68. The Morgan fingerprint density at radius 3 is 3.50 bits per heavy atom. The second-order valence-corrected chi connectivity index (χ2v) is 1.74. The molecule has 0 aliphatic carbocycles. The molecule has 0 bridgehead atoms. The second-order valence-electron chi connectivity index (χ2n) is 1.74. The van der Waals surface area contributed by atoms with Crippen molar-refractivity contribution in [2.24, 2.45) is 0 Å². The summed E-state index contributed by atoms with van der Waals surface area (Å²) in [5, 5.41) is 5.99. The number of rotatable bonds is 0. The van der Waals surface area contributed by atoms with Crippen LogP contribution in [0.5, 0.6) is 0 Å². The number of fused-ring (bicyclic) bond motifs is 1. The van der Waals surface area contributed by atoms with Gasteiger partial charge in [0, 0.05) is 0 Å². The lowest BCUT2D eigenvalue weighted by Crippen LogP contribution is -2.04. The number of H-pyrrole nitrogens is 2. The van der Waals surface area contributed by atoms with Gasteiger partial charge in [0.2, 0.25) is 0 Å². The van der Waals surface area contributed by atoms with Gasteiger partial charge in [-0.2, -0.15) is 10.1 Å². The molecule has 0 radical (unpaired) electrons. The van der Waals surface area contributed by atoms with Crippen molar-refractivity contribution in [2.45, 2.75) is 0 Å². The summed E-state index contributed by atoms with van der Waals surface area (Å²) < 4.78 is 14.2. The molecule has 0 amide bonds. The number of aromatic nitrogens is 4. The zero-order chi connectivity index (χ0) is 8.72. The Hall–Kier alpha value is -1.65. The van der Waals surface area contributed by atoms with Crippen LogP contribution >= 0.6 is 0 Å². The van der Waals surface area contributed by atoms with Crippen LogP contribution in [0.4, 0.5) is 0 Å². The van der Waals surface area contributed by atoms with Gasteiger partial charge in [0.25, 0.3) is 5.56 Å². The summed E-state index contributed by atoms with van der Waals surface area (Å²) in [5.41, 5.74) is -0.336. The quantitative estimate of drug-likeness (QED) is 0.526. The van der Waals surface area contributed by atoms with Gasteiger partial charge in [0.1, 0.15) is 12.4 Å². The van der Waals surface area contributed by atoms with Crippen molar-refractivity contribution in [3.05, 3.63) is 22.8 Å². The highest BCUT2D eigenvalue weighted by atomic mass is 16.1. The number of hydrogen-bond acceptors (Lipinski definition) is 3. The Morgan fingerprint density at radius 1 is 1.70 bits per heavy atom. The predicted molar refractivity (Wildman–Crippen MR) is 34.5 cm³/mol. The molecule has 0 saturated heterocycles. The maximum atomic E-state index is 11.1. The van der Waals surface area contributed by atoms with Crippen LogP contribution in [0.15, 0.2) is 17.3 Å². The third kappa shape index (κ3) is 0.540. The van der Waals surface area contributed by atoms with E-state index in [1.165, 1.54) is 0 Å². The van der Waals surface area contributed by atoms with E-state index < -0.39 is 5.56 Å². The van der Waals surface area contributed by atoms with Crippen molar-refractivity contribution in [3.63, 3.8) is 0 Å². The molecule has 0 spiro atoms. The molecule has 0 aromatic carbocycles. The van der Waals surface area contributed by atoms with Crippen molar-refractivity contribution >= 4 is 11.0 Å². The Morgan fingerprint density at radius 2 is 2.60 bits per heavy atom. The van der Waals surface area contributed by atoms with Gasteiger partial charge in [0.05, 0.1) is 13.8 Å². The molecule has 5 nitrogen and oxygen atoms in total. The molecule has 10 heavy (non-hydrogen) atoms. The van der Waals surface area contributed by atoms with Gasteiger partial charge in [-0.1, -0.05) is 0 Å². The van der Waals surface area contributed by atoms with Crippen LogP contribution in [0, 0.1) is 0 Å². The lowest BCUT2D eigenvalue weighted by atomic mass is 10.5. The van der Waals surface area contributed by atoms with E-state index in [0.29, 0.717) is 0 Å². The highest BCUT2D eigenvalue weighted by Crippen LogP contribution is 1.96. The molecule has 2 N–H and O–H groups in total. The summed E-state index contributed by atoms with van der Waals surface area (Å²) in [4.78, 5) is 16.8. The van der Waals surface area contributed by atoms with E-state index in [-0.39, 0.29) is 23.5 Å². The average molecular weight is 141 g/mol. The Balaban J connectivity index is 3.03. The highest BCUT2D eigenvalue weighted by molar-refractivity contribution is 5.71. The molecule has 0 aliphatic heterocycles. The fourth-order valence-corrected chi connectivity index (χ4v) is 0.687. The molecule has 0 fully saturated rings. The third-order valence-electron chi connectivity index (χ3n) is 1.14. The molecule has 0 saturated carbocycles. The maximum Gasteiger partial charge on any atom is 0.283 e. The van der Waals surface area contributed by atoms with Gasteiger partial charge in [-0.15, -0.1) is 0 Å². The van der Waals surface area contributed by atoms with Gasteiger partial charge in [0.15, 0.2) is 0 Å². The fraction of sp³-hybridized carbons (Fsp3) is 0. The first kappa shape index (κ1) is 3.50. The van der Waals surface area contributed by atoms with Crippen LogP contribution in [0.1, 0.15) is 2.74 Å². The van der Waals surface area contributed by atoms with Crippen LogP contribution in [0.3, 0.4) is 0 Å². The summed E-state index contributed by atoms with van der Waals surface area (Å²) in [6.07, 6.45) is -0.394. The van der Waals surface area contributed by atoms with Crippen LogP contribution < -0.4 is 5.56 Å². The molecule has 2 heterocycles. The van der Waals surface area contributed by atoms with Crippen LogP contribution in [0.25, 0.3) is 11.0 Å². The van der Waals surface area contributed by atoms with E-state index in [1.807, 2.05) is 0 Å². The van der Waals surface area contributed by atoms with Crippen molar-refractivity contribution in [1.82, 2.24) is 20.2 Å². The minimum Gasteiger partial charge on any atom is -0.331 e. The van der Waals surface area contributed by atoms with E-state index >= 15 is 0 Å².